The third kappa shape index (κ3) is 1.33. The molecular formula is C12H11ClO4. The first-order chi connectivity index (χ1) is 8.06. The third-order valence-electron chi connectivity index (χ3n) is 3.52. The van der Waals surface area contributed by atoms with Gasteiger partial charge >= 0.3 is 5.97 Å². The van der Waals surface area contributed by atoms with E-state index in [0.717, 1.165) is 11.1 Å². The van der Waals surface area contributed by atoms with E-state index in [-0.39, 0.29) is 6.79 Å². The average Bonchev–Trinajstić information content (AvgIpc) is 2.97. The molecule has 1 fully saturated rings. The number of ether oxygens (including phenoxy) is 2. The molecule has 0 unspecified atom stereocenters. The van der Waals surface area contributed by atoms with Gasteiger partial charge in [-0.1, -0.05) is 11.6 Å². The van der Waals surface area contributed by atoms with Gasteiger partial charge in [0, 0.05) is 0 Å². The van der Waals surface area contributed by atoms with Crippen LogP contribution >= 0.6 is 11.6 Å². The first-order valence-electron chi connectivity index (χ1n) is 5.39. The summed E-state index contributed by atoms with van der Waals surface area (Å²) in [5.41, 5.74) is 0.754. The number of rotatable bonds is 2. The van der Waals surface area contributed by atoms with Crippen LogP contribution < -0.4 is 9.47 Å². The third-order valence-corrected chi connectivity index (χ3v) is 3.98. The number of aliphatic carboxylic acids is 1. The summed E-state index contributed by atoms with van der Waals surface area (Å²) < 4.78 is 10.5. The Bertz CT molecular complexity index is 520. The molecule has 2 aliphatic rings. The molecular weight excluding hydrogens is 244 g/mol. The highest BCUT2D eigenvalue weighted by molar-refractivity contribution is 6.33. The van der Waals surface area contributed by atoms with Crippen molar-refractivity contribution in [2.75, 3.05) is 6.79 Å². The van der Waals surface area contributed by atoms with Gasteiger partial charge in [0.05, 0.1) is 10.4 Å². The standard InChI is InChI=1S/C12H11ClO4/c1-6-7(12(2-3-12)11(14)15)4-8-10(9(6)13)17-5-16-8/h4H,2-3,5H2,1H3,(H,14,15). The summed E-state index contributed by atoms with van der Waals surface area (Å²) in [6, 6.07) is 1.75. The minimum absolute atomic E-state index is 0.137. The molecule has 0 aromatic heterocycles. The summed E-state index contributed by atoms with van der Waals surface area (Å²) in [5.74, 6) is 0.271. The molecule has 1 aromatic rings. The van der Waals surface area contributed by atoms with Crippen LogP contribution in [0.25, 0.3) is 0 Å². The van der Waals surface area contributed by atoms with E-state index < -0.39 is 11.4 Å². The molecule has 17 heavy (non-hydrogen) atoms. The second kappa shape index (κ2) is 3.29. The Kier molecular flexibility index (Phi) is 2.08. The summed E-state index contributed by atoms with van der Waals surface area (Å²) >= 11 is 6.18. The van der Waals surface area contributed by atoms with Crippen LogP contribution in [-0.2, 0) is 10.2 Å². The van der Waals surface area contributed by atoms with Crippen LogP contribution in [0.2, 0.25) is 5.02 Å². The van der Waals surface area contributed by atoms with Gasteiger partial charge in [0.15, 0.2) is 11.5 Å². The maximum absolute atomic E-state index is 11.3. The minimum atomic E-state index is -0.796. The number of carbonyl (C=O) groups is 1. The van der Waals surface area contributed by atoms with Crippen LogP contribution in [0, 0.1) is 6.92 Å². The zero-order valence-electron chi connectivity index (χ0n) is 9.25. The van der Waals surface area contributed by atoms with Gasteiger partial charge in [-0.05, 0) is 37.0 Å². The highest BCUT2D eigenvalue weighted by atomic mass is 35.5. The summed E-state index contributed by atoms with van der Waals surface area (Å²) in [6.45, 7) is 1.96. The van der Waals surface area contributed by atoms with E-state index in [2.05, 4.69) is 0 Å². The van der Waals surface area contributed by atoms with Crippen LogP contribution in [0.4, 0.5) is 0 Å². The molecule has 1 aliphatic carbocycles. The van der Waals surface area contributed by atoms with Crippen molar-refractivity contribution in [3.8, 4) is 11.5 Å². The van der Waals surface area contributed by atoms with E-state index in [1.165, 1.54) is 0 Å². The van der Waals surface area contributed by atoms with Gasteiger partial charge in [-0.2, -0.15) is 0 Å². The van der Waals surface area contributed by atoms with Crippen molar-refractivity contribution < 1.29 is 19.4 Å². The SMILES string of the molecule is Cc1c(C2(C(=O)O)CC2)cc2c(c1Cl)OCO2. The first-order valence-corrected chi connectivity index (χ1v) is 5.76. The Morgan fingerprint density at radius 1 is 1.47 bits per heavy atom. The van der Waals surface area contributed by atoms with E-state index in [4.69, 9.17) is 21.1 Å². The molecule has 4 nitrogen and oxygen atoms in total. The Hall–Kier alpha value is -1.42. The molecule has 0 amide bonds. The van der Waals surface area contributed by atoms with Crippen LogP contribution in [0.5, 0.6) is 11.5 Å². The molecule has 0 radical (unpaired) electrons. The van der Waals surface area contributed by atoms with E-state index in [1.807, 2.05) is 6.92 Å². The molecule has 3 rings (SSSR count). The lowest BCUT2D eigenvalue weighted by molar-refractivity contribution is -0.140. The number of fused-ring (bicyclic) bond motifs is 1. The lowest BCUT2D eigenvalue weighted by Crippen LogP contribution is -2.20. The van der Waals surface area contributed by atoms with Crippen LogP contribution in [0.1, 0.15) is 24.0 Å². The first kappa shape index (κ1) is 10.7. The molecule has 5 heteroatoms. The van der Waals surface area contributed by atoms with Gasteiger partial charge in [0.2, 0.25) is 6.79 Å². The zero-order valence-corrected chi connectivity index (χ0v) is 10.0. The molecule has 0 bridgehead atoms. The zero-order chi connectivity index (χ0) is 12.2. The molecule has 1 N–H and O–H groups in total. The Morgan fingerprint density at radius 3 is 2.76 bits per heavy atom. The smallest absolute Gasteiger partial charge is 0.314 e. The number of carboxylic acid groups (broad SMARTS) is 1. The number of halogens is 1. The minimum Gasteiger partial charge on any atom is -0.481 e. The molecule has 90 valence electrons. The van der Waals surface area contributed by atoms with Crippen LogP contribution in [-0.4, -0.2) is 17.9 Å². The van der Waals surface area contributed by atoms with Gasteiger partial charge in [-0.15, -0.1) is 0 Å². The average molecular weight is 255 g/mol. The van der Waals surface area contributed by atoms with E-state index in [1.54, 1.807) is 6.07 Å². The Balaban J connectivity index is 2.19. The highest BCUT2D eigenvalue weighted by Crippen LogP contribution is 2.54. The molecule has 0 spiro atoms. The van der Waals surface area contributed by atoms with Crippen molar-refractivity contribution >= 4 is 17.6 Å². The summed E-state index contributed by atoms with van der Waals surface area (Å²) in [6.07, 6.45) is 1.30. The topological polar surface area (TPSA) is 55.8 Å². The lowest BCUT2D eigenvalue weighted by Gasteiger charge is -2.15. The van der Waals surface area contributed by atoms with Crippen molar-refractivity contribution in [2.45, 2.75) is 25.2 Å². The molecule has 1 aliphatic heterocycles. The van der Waals surface area contributed by atoms with Gasteiger partial charge in [0.25, 0.3) is 0 Å². The quantitative estimate of drug-likeness (QED) is 0.881. The molecule has 1 saturated carbocycles. The summed E-state index contributed by atoms with van der Waals surface area (Å²) in [7, 11) is 0. The summed E-state index contributed by atoms with van der Waals surface area (Å²) in [4.78, 5) is 11.3. The molecule has 1 heterocycles. The van der Waals surface area contributed by atoms with Crippen molar-refractivity contribution in [1.29, 1.82) is 0 Å². The largest absolute Gasteiger partial charge is 0.481 e. The molecule has 0 saturated heterocycles. The normalized spacial score (nSPS) is 19.2. The van der Waals surface area contributed by atoms with E-state index in [9.17, 15) is 9.90 Å². The van der Waals surface area contributed by atoms with Gasteiger partial charge in [-0.3, -0.25) is 4.79 Å². The summed E-state index contributed by atoms with van der Waals surface area (Å²) in [5, 5.41) is 9.77. The second-order valence-corrected chi connectivity index (χ2v) is 4.86. The molecule has 1 aromatic carbocycles. The van der Waals surface area contributed by atoms with Crippen molar-refractivity contribution in [2.24, 2.45) is 0 Å². The number of hydrogen-bond donors (Lipinski definition) is 1. The highest BCUT2D eigenvalue weighted by Gasteiger charge is 2.53. The number of hydrogen-bond acceptors (Lipinski definition) is 3. The maximum Gasteiger partial charge on any atom is 0.314 e. The fourth-order valence-electron chi connectivity index (χ4n) is 2.32. The fraction of sp³-hybridized carbons (Fsp3) is 0.417. The number of carboxylic acids is 1. The van der Waals surface area contributed by atoms with Gasteiger partial charge in [-0.25, -0.2) is 0 Å². The van der Waals surface area contributed by atoms with E-state index >= 15 is 0 Å². The lowest BCUT2D eigenvalue weighted by atomic mass is 9.91. The maximum atomic E-state index is 11.3. The van der Waals surface area contributed by atoms with E-state index in [0.29, 0.717) is 29.4 Å². The Morgan fingerprint density at radius 2 is 2.18 bits per heavy atom. The fourth-order valence-corrected chi connectivity index (χ4v) is 2.57. The van der Waals surface area contributed by atoms with Gasteiger partial charge in [0.1, 0.15) is 0 Å². The predicted molar refractivity (Wildman–Crippen MR) is 60.9 cm³/mol. The van der Waals surface area contributed by atoms with Crippen LogP contribution in [0.3, 0.4) is 0 Å². The number of benzene rings is 1. The Labute approximate surface area is 103 Å². The predicted octanol–water partition coefficient (Wildman–Crippen LogP) is 2.49. The van der Waals surface area contributed by atoms with Crippen LogP contribution in [0.15, 0.2) is 6.07 Å². The van der Waals surface area contributed by atoms with Crippen molar-refractivity contribution in [3.05, 3.63) is 22.2 Å². The van der Waals surface area contributed by atoms with Crippen molar-refractivity contribution in [1.82, 2.24) is 0 Å². The van der Waals surface area contributed by atoms with Gasteiger partial charge < -0.3 is 14.6 Å². The molecule has 0 atom stereocenters. The monoisotopic (exact) mass is 254 g/mol. The second-order valence-electron chi connectivity index (χ2n) is 4.48. The van der Waals surface area contributed by atoms with Crippen molar-refractivity contribution in [3.63, 3.8) is 0 Å².